The smallest absolute Gasteiger partial charge is 0.136 e. The lowest BCUT2D eigenvalue weighted by Gasteiger charge is -2.10. The van der Waals surface area contributed by atoms with Crippen molar-refractivity contribution < 1.29 is 13.5 Å². The summed E-state index contributed by atoms with van der Waals surface area (Å²) in [5.74, 6) is -0.303. The Labute approximate surface area is 179 Å². The van der Waals surface area contributed by atoms with Crippen LogP contribution in [-0.2, 0) is 19.3 Å². The standard InChI is InChI=1S/C25H23F2NOS/c1-4-15(2)17-9-18-11-21(29-3)10-16(23(18)12-17)5-7-20-14-30-25(28-20)22-8-6-19(26)13-24(22)27/h4,6,8,10-14H,5,7,9H2,1-3H3/b15-4+. The number of halogens is 2. The fraction of sp³-hybridized carbons (Fsp3) is 0.240. The molecule has 0 saturated heterocycles. The highest BCUT2D eigenvalue weighted by atomic mass is 32.1. The van der Waals surface area contributed by atoms with Crippen LogP contribution in [0.15, 0.2) is 52.9 Å². The minimum Gasteiger partial charge on any atom is -0.497 e. The molecule has 0 atom stereocenters. The number of hydrogen-bond acceptors (Lipinski definition) is 3. The van der Waals surface area contributed by atoms with Crippen LogP contribution in [0.1, 0.15) is 36.2 Å². The van der Waals surface area contributed by atoms with Crippen LogP contribution in [-0.4, -0.2) is 12.1 Å². The second-order valence-electron chi connectivity index (χ2n) is 7.45. The Morgan fingerprint density at radius 1 is 1.20 bits per heavy atom. The van der Waals surface area contributed by atoms with Crippen LogP contribution in [0.2, 0.25) is 0 Å². The predicted molar refractivity (Wildman–Crippen MR) is 119 cm³/mol. The first-order chi connectivity index (χ1) is 14.5. The molecule has 0 fully saturated rings. The zero-order valence-corrected chi connectivity index (χ0v) is 18.1. The van der Waals surface area contributed by atoms with Gasteiger partial charge in [0.15, 0.2) is 0 Å². The van der Waals surface area contributed by atoms with Crippen molar-refractivity contribution in [3.05, 3.63) is 87.0 Å². The summed E-state index contributed by atoms with van der Waals surface area (Å²) < 4.78 is 32.8. The third-order valence-electron chi connectivity index (χ3n) is 5.56. The van der Waals surface area contributed by atoms with Gasteiger partial charge in [0.1, 0.15) is 22.4 Å². The largest absolute Gasteiger partial charge is 0.497 e. The van der Waals surface area contributed by atoms with Gasteiger partial charge in [0.25, 0.3) is 0 Å². The van der Waals surface area contributed by atoms with Crippen molar-refractivity contribution in [2.75, 3.05) is 7.11 Å². The summed E-state index contributed by atoms with van der Waals surface area (Å²) in [5.41, 5.74) is 7.66. The van der Waals surface area contributed by atoms with E-state index in [4.69, 9.17) is 4.74 Å². The third kappa shape index (κ3) is 4.08. The van der Waals surface area contributed by atoms with E-state index in [0.29, 0.717) is 10.6 Å². The van der Waals surface area contributed by atoms with Gasteiger partial charge in [0.2, 0.25) is 0 Å². The number of rotatable bonds is 6. The molecule has 1 aliphatic carbocycles. The van der Waals surface area contributed by atoms with Crippen LogP contribution >= 0.6 is 11.3 Å². The molecule has 0 N–H and O–H groups in total. The molecule has 30 heavy (non-hydrogen) atoms. The molecule has 0 saturated carbocycles. The lowest BCUT2D eigenvalue weighted by molar-refractivity contribution is 0.414. The number of thiazole rings is 1. The topological polar surface area (TPSA) is 22.1 Å². The van der Waals surface area contributed by atoms with Gasteiger partial charge in [-0.1, -0.05) is 17.7 Å². The molecule has 2 aromatic carbocycles. The summed E-state index contributed by atoms with van der Waals surface area (Å²) in [7, 11) is 1.69. The minimum atomic E-state index is -0.585. The fourth-order valence-corrected chi connectivity index (χ4v) is 4.62. The van der Waals surface area contributed by atoms with Crippen LogP contribution in [0, 0.1) is 11.6 Å². The highest BCUT2D eigenvalue weighted by Crippen LogP contribution is 2.35. The van der Waals surface area contributed by atoms with Crippen molar-refractivity contribution >= 4 is 17.4 Å². The van der Waals surface area contributed by atoms with E-state index in [1.807, 2.05) is 5.38 Å². The number of ether oxygens (including phenoxy) is 1. The van der Waals surface area contributed by atoms with E-state index < -0.39 is 11.6 Å². The Kier molecular flexibility index (Phi) is 5.82. The number of fused-ring (bicyclic) bond motifs is 1. The van der Waals surface area contributed by atoms with E-state index in [1.54, 1.807) is 7.11 Å². The Balaban J connectivity index is 1.57. The van der Waals surface area contributed by atoms with E-state index in [1.165, 1.54) is 51.3 Å². The summed E-state index contributed by atoms with van der Waals surface area (Å²) in [5, 5.41) is 2.52. The molecule has 1 heterocycles. The number of nitrogens with zero attached hydrogens (tertiary/aromatic N) is 1. The van der Waals surface area contributed by atoms with E-state index in [9.17, 15) is 8.78 Å². The number of benzene rings is 2. The SMILES string of the molecule is C/C=C(\C)C1=Cc2c(CCc3csc(-c4ccc(F)cc4F)n3)cc(OC)cc2C1. The van der Waals surface area contributed by atoms with Crippen LogP contribution in [0.4, 0.5) is 8.78 Å². The average Bonchev–Trinajstić information content (AvgIpc) is 3.38. The predicted octanol–water partition coefficient (Wildman–Crippen LogP) is 6.79. The quantitative estimate of drug-likeness (QED) is 0.436. The Morgan fingerprint density at radius 3 is 2.77 bits per heavy atom. The second kappa shape index (κ2) is 8.52. The molecule has 3 aromatic rings. The van der Waals surface area contributed by atoms with Gasteiger partial charge in [-0.2, -0.15) is 0 Å². The van der Waals surface area contributed by atoms with Gasteiger partial charge in [0.05, 0.1) is 12.8 Å². The van der Waals surface area contributed by atoms with Gasteiger partial charge in [-0.15, -0.1) is 11.3 Å². The molecule has 0 spiro atoms. The van der Waals surface area contributed by atoms with Crippen LogP contribution < -0.4 is 4.74 Å². The van der Waals surface area contributed by atoms with Crippen molar-refractivity contribution in [1.29, 1.82) is 0 Å². The first-order valence-corrected chi connectivity index (χ1v) is 10.8. The molecule has 0 amide bonds. The van der Waals surface area contributed by atoms with Gasteiger partial charge < -0.3 is 4.74 Å². The molecule has 5 heteroatoms. The van der Waals surface area contributed by atoms with Gasteiger partial charge in [-0.05, 0) is 79.6 Å². The summed E-state index contributed by atoms with van der Waals surface area (Å²) in [6.45, 7) is 4.20. The van der Waals surface area contributed by atoms with Gasteiger partial charge >= 0.3 is 0 Å². The summed E-state index contributed by atoms with van der Waals surface area (Å²) in [6.07, 6.45) is 6.89. The minimum absolute atomic E-state index is 0.337. The summed E-state index contributed by atoms with van der Waals surface area (Å²) in [6, 6.07) is 7.81. The zero-order chi connectivity index (χ0) is 21.3. The van der Waals surface area contributed by atoms with Gasteiger partial charge in [-0.3, -0.25) is 0 Å². The van der Waals surface area contributed by atoms with E-state index >= 15 is 0 Å². The molecule has 0 aliphatic heterocycles. The third-order valence-corrected chi connectivity index (χ3v) is 6.49. The lowest BCUT2D eigenvalue weighted by Crippen LogP contribution is -1.98. The van der Waals surface area contributed by atoms with Crippen molar-refractivity contribution in [3.8, 4) is 16.3 Å². The maximum atomic E-state index is 14.1. The van der Waals surface area contributed by atoms with Gasteiger partial charge in [0, 0.05) is 17.0 Å². The molecular weight excluding hydrogens is 400 g/mol. The van der Waals surface area contributed by atoms with Crippen LogP contribution in [0.5, 0.6) is 5.75 Å². The molecule has 0 bridgehead atoms. The van der Waals surface area contributed by atoms with Crippen LogP contribution in [0.3, 0.4) is 0 Å². The van der Waals surface area contributed by atoms with Crippen molar-refractivity contribution in [1.82, 2.24) is 4.98 Å². The van der Waals surface area contributed by atoms with Crippen molar-refractivity contribution in [2.45, 2.75) is 33.1 Å². The number of aryl methyl sites for hydroxylation is 2. The number of aromatic nitrogens is 1. The molecular formula is C25H23F2NOS. The molecule has 1 aromatic heterocycles. The Morgan fingerprint density at radius 2 is 2.03 bits per heavy atom. The fourth-order valence-electron chi connectivity index (χ4n) is 3.74. The van der Waals surface area contributed by atoms with Crippen molar-refractivity contribution in [2.24, 2.45) is 0 Å². The maximum absolute atomic E-state index is 14.1. The number of hydrogen-bond donors (Lipinski definition) is 0. The molecule has 0 unspecified atom stereocenters. The molecule has 4 rings (SSSR count). The zero-order valence-electron chi connectivity index (χ0n) is 17.3. The molecule has 154 valence electrons. The maximum Gasteiger partial charge on any atom is 0.136 e. The van der Waals surface area contributed by atoms with E-state index in [2.05, 4.69) is 43.1 Å². The molecule has 2 nitrogen and oxygen atoms in total. The Bertz CT molecular complexity index is 1160. The molecule has 1 aliphatic rings. The first-order valence-electron chi connectivity index (χ1n) is 9.92. The summed E-state index contributed by atoms with van der Waals surface area (Å²) in [4.78, 5) is 4.58. The lowest BCUT2D eigenvalue weighted by atomic mass is 9.98. The summed E-state index contributed by atoms with van der Waals surface area (Å²) >= 11 is 1.38. The van der Waals surface area contributed by atoms with Crippen molar-refractivity contribution in [3.63, 3.8) is 0 Å². The molecule has 0 radical (unpaired) electrons. The number of methoxy groups -OCH3 is 1. The highest BCUT2D eigenvalue weighted by molar-refractivity contribution is 7.13. The van der Waals surface area contributed by atoms with Gasteiger partial charge in [-0.25, -0.2) is 13.8 Å². The Hall–Kier alpha value is -2.79. The van der Waals surface area contributed by atoms with Crippen LogP contribution in [0.25, 0.3) is 16.6 Å². The monoisotopic (exact) mass is 423 g/mol. The average molecular weight is 424 g/mol. The highest BCUT2D eigenvalue weighted by Gasteiger charge is 2.19. The van der Waals surface area contributed by atoms with E-state index in [-0.39, 0.29) is 0 Å². The normalized spacial score (nSPS) is 13.4. The second-order valence-corrected chi connectivity index (χ2v) is 8.30. The van der Waals surface area contributed by atoms with E-state index in [0.717, 1.165) is 36.8 Å². The first kappa shape index (κ1) is 20.5. The number of allylic oxidation sites excluding steroid dienone is 3.